The van der Waals surface area contributed by atoms with Crippen LogP contribution in [0.1, 0.15) is 69.3 Å². The van der Waals surface area contributed by atoms with Gasteiger partial charge in [0.1, 0.15) is 6.61 Å². The van der Waals surface area contributed by atoms with E-state index in [4.69, 9.17) is 4.74 Å². The van der Waals surface area contributed by atoms with E-state index in [0.29, 0.717) is 12.1 Å². The number of ether oxygens (including phenoxy) is 1. The lowest BCUT2D eigenvalue weighted by Crippen LogP contribution is -2.46. The molecule has 1 saturated heterocycles. The number of nitrogens with zero attached hydrogens (tertiary/aromatic N) is 1. The second-order valence-electron chi connectivity index (χ2n) is 8.60. The van der Waals surface area contributed by atoms with Gasteiger partial charge < -0.3 is 4.74 Å². The average Bonchev–Trinajstić information content (AvgIpc) is 3.35. The Morgan fingerprint density at radius 2 is 1.86 bits per heavy atom. The molecular weight excluding hydrogens is 370 g/mol. The summed E-state index contributed by atoms with van der Waals surface area (Å²) in [6, 6.07) is 10.2. The predicted molar refractivity (Wildman–Crippen MR) is 116 cm³/mol. The van der Waals surface area contributed by atoms with Gasteiger partial charge >= 0.3 is 5.97 Å². The van der Waals surface area contributed by atoms with Crippen LogP contribution < -0.4 is 0 Å². The summed E-state index contributed by atoms with van der Waals surface area (Å²) in [5.41, 5.74) is 1.50. The van der Waals surface area contributed by atoms with Gasteiger partial charge in [0.05, 0.1) is 5.92 Å². The molecule has 0 bridgehead atoms. The van der Waals surface area contributed by atoms with Gasteiger partial charge in [-0.25, -0.2) is 0 Å². The molecule has 1 spiro atoms. The zero-order valence-electron chi connectivity index (χ0n) is 16.9. The van der Waals surface area contributed by atoms with Crippen LogP contribution >= 0.6 is 12.4 Å². The standard InChI is InChI=1S/C24H33NO2.ClH/c26-23(22(21-12-5-6-13-21)20-10-3-1-4-11-20)27-19-18-25-17-9-16-24(25)14-7-2-8-15-24;/h1,3-5,10-12,21-22H,2,6-9,13-19H2;1H. The lowest BCUT2D eigenvalue weighted by molar-refractivity contribution is -0.147. The van der Waals surface area contributed by atoms with Crippen molar-refractivity contribution in [2.75, 3.05) is 19.7 Å². The van der Waals surface area contributed by atoms with Crippen LogP contribution in [0, 0.1) is 5.92 Å². The average molecular weight is 404 g/mol. The molecule has 4 heteroatoms. The predicted octanol–water partition coefficient (Wildman–Crippen LogP) is 5.50. The van der Waals surface area contributed by atoms with Gasteiger partial charge in [0, 0.05) is 12.1 Å². The molecule has 0 aromatic heterocycles. The molecule has 2 unspecified atom stereocenters. The van der Waals surface area contributed by atoms with E-state index in [1.54, 1.807) is 0 Å². The summed E-state index contributed by atoms with van der Waals surface area (Å²) in [4.78, 5) is 15.6. The number of halogens is 1. The highest BCUT2D eigenvalue weighted by Gasteiger charge is 2.41. The number of hydrogen-bond donors (Lipinski definition) is 0. The number of esters is 1. The quantitative estimate of drug-likeness (QED) is 0.464. The van der Waals surface area contributed by atoms with Crippen LogP contribution in [0.15, 0.2) is 42.5 Å². The topological polar surface area (TPSA) is 29.5 Å². The smallest absolute Gasteiger partial charge is 0.314 e. The van der Waals surface area contributed by atoms with Gasteiger partial charge in [-0.15, -0.1) is 12.4 Å². The highest BCUT2D eigenvalue weighted by Crippen LogP contribution is 2.41. The lowest BCUT2D eigenvalue weighted by atomic mass is 9.80. The van der Waals surface area contributed by atoms with Crippen molar-refractivity contribution in [3.8, 4) is 0 Å². The third-order valence-corrected chi connectivity index (χ3v) is 7.02. The maximum atomic E-state index is 13.0. The molecular formula is C24H34ClNO2. The van der Waals surface area contributed by atoms with E-state index in [0.717, 1.165) is 24.9 Å². The normalized spacial score (nSPS) is 24.8. The van der Waals surface area contributed by atoms with Crippen molar-refractivity contribution in [2.24, 2.45) is 5.92 Å². The Balaban J connectivity index is 0.00000225. The van der Waals surface area contributed by atoms with Crippen LogP contribution in [0.25, 0.3) is 0 Å². The van der Waals surface area contributed by atoms with E-state index in [2.05, 4.69) is 29.2 Å². The largest absolute Gasteiger partial charge is 0.464 e. The second kappa shape index (κ2) is 9.93. The fraction of sp³-hybridized carbons (Fsp3) is 0.625. The zero-order valence-corrected chi connectivity index (χ0v) is 17.7. The molecule has 4 rings (SSSR count). The number of carbonyl (C=O) groups is 1. The molecule has 3 aliphatic rings. The molecule has 1 heterocycles. The Kier molecular flexibility index (Phi) is 7.59. The fourth-order valence-electron chi connectivity index (χ4n) is 5.62. The molecule has 3 nitrogen and oxygen atoms in total. The first-order valence-corrected chi connectivity index (χ1v) is 10.9. The highest BCUT2D eigenvalue weighted by molar-refractivity contribution is 5.85. The molecule has 2 atom stereocenters. The first-order valence-electron chi connectivity index (χ1n) is 10.9. The minimum absolute atomic E-state index is 0. The molecule has 1 aliphatic heterocycles. The maximum Gasteiger partial charge on any atom is 0.314 e. The van der Waals surface area contributed by atoms with Crippen LogP contribution in [0.5, 0.6) is 0 Å². The summed E-state index contributed by atoms with van der Waals surface area (Å²) < 4.78 is 5.85. The van der Waals surface area contributed by atoms with E-state index in [1.165, 1.54) is 51.5 Å². The van der Waals surface area contributed by atoms with Crippen molar-refractivity contribution < 1.29 is 9.53 Å². The van der Waals surface area contributed by atoms with Crippen LogP contribution in [-0.2, 0) is 9.53 Å². The zero-order chi connectivity index (χ0) is 18.5. The van der Waals surface area contributed by atoms with Crippen LogP contribution in [0.4, 0.5) is 0 Å². The first kappa shape index (κ1) is 21.4. The molecule has 1 aromatic rings. The van der Waals surface area contributed by atoms with Crippen LogP contribution in [-0.4, -0.2) is 36.1 Å². The Morgan fingerprint density at radius 1 is 1.11 bits per heavy atom. The van der Waals surface area contributed by atoms with E-state index >= 15 is 0 Å². The Hall–Kier alpha value is -1.32. The van der Waals surface area contributed by atoms with Crippen molar-refractivity contribution in [3.05, 3.63) is 48.0 Å². The minimum atomic E-state index is -0.160. The highest BCUT2D eigenvalue weighted by atomic mass is 35.5. The summed E-state index contributed by atoms with van der Waals surface area (Å²) in [5.74, 6) is 0.0678. The number of hydrogen-bond acceptors (Lipinski definition) is 3. The number of allylic oxidation sites excluding steroid dienone is 2. The second-order valence-corrected chi connectivity index (χ2v) is 8.60. The van der Waals surface area contributed by atoms with Crippen molar-refractivity contribution in [2.45, 2.75) is 69.2 Å². The molecule has 2 fully saturated rings. The third kappa shape index (κ3) is 4.63. The molecule has 1 saturated carbocycles. The monoisotopic (exact) mass is 403 g/mol. The van der Waals surface area contributed by atoms with Crippen molar-refractivity contribution in [1.82, 2.24) is 4.90 Å². The molecule has 0 radical (unpaired) electrons. The molecule has 28 heavy (non-hydrogen) atoms. The summed E-state index contributed by atoms with van der Waals surface area (Å²) in [6.07, 6.45) is 15.9. The summed E-state index contributed by atoms with van der Waals surface area (Å²) in [5, 5.41) is 0. The van der Waals surface area contributed by atoms with E-state index in [-0.39, 0.29) is 30.2 Å². The van der Waals surface area contributed by atoms with Gasteiger partial charge in [-0.05, 0) is 56.6 Å². The van der Waals surface area contributed by atoms with Gasteiger partial charge in [0.25, 0.3) is 0 Å². The van der Waals surface area contributed by atoms with Gasteiger partial charge in [-0.2, -0.15) is 0 Å². The molecule has 0 N–H and O–H groups in total. The van der Waals surface area contributed by atoms with Gasteiger partial charge in [0.2, 0.25) is 0 Å². The SMILES string of the molecule is Cl.O=C(OCCN1CCCC12CCCCC2)C(c1ccccc1)C1C=CCC1. The van der Waals surface area contributed by atoms with Gasteiger partial charge in [-0.1, -0.05) is 61.7 Å². The molecule has 154 valence electrons. The number of benzene rings is 1. The number of rotatable bonds is 6. The fourth-order valence-corrected chi connectivity index (χ4v) is 5.62. The van der Waals surface area contributed by atoms with Gasteiger partial charge in [-0.3, -0.25) is 9.69 Å². The van der Waals surface area contributed by atoms with Crippen molar-refractivity contribution in [1.29, 1.82) is 0 Å². The van der Waals surface area contributed by atoms with E-state index in [1.807, 2.05) is 18.2 Å². The number of carbonyl (C=O) groups excluding carboxylic acids is 1. The van der Waals surface area contributed by atoms with Crippen molar-refractivity contribution >= 4 is 18.4 Å². The minimum Gasteiger partial charge on any atom is -0.464 e. The summed E-state index contributed by atoms with van der Waals surface area (Å²) in [7, 11) is 0. The van der Waals surface area contributed by atoms with Gasteiger partial charge in [0.15, 0.2) is 0 Å². The van der Waals surface area contributed by atoms with Crippen LogP contribution in [0.2, 0.25) is 0 Å². The Labute approximate surface area is 175 Å². The summed E-state index contributed by atoms with van der Waals surface area (Å²) in [6.45, 7) is 2.60. The van der Waals surface area contributed by atoms with Crippen molar-refractivity contribution in [3.63, 3.8) is 0 Å². The Morgan fingerprint density at radius 3 is 2.57 bits per heavy atom. The molecule has 2 aliphatic carbocycles. The third-order valence-electron chi connectivity index (χ3n) is 7.02. The molecule has 1 aromatic carbocycles. The number of likely N-dealkylation sites (tertiary alicyclic amines) is 1. The van der Waals surface area contributed by atoms with E-state index in [9.17, 15) is 4.79 Å². The first-order chi connectivity index (χ1) is 13.3. The van der Waals surface area contributed by atoms with E-state index < -0.39 is 0 Å². The van der Waals surface area contributed by atoms with Crippen LogP contribution in [0.3, 0.4) is 0 Å². The molecule has 0 amide bonds. The maximum absolute atomic E-state index is 13.0. The summed E-state index contributed by atoms with van der Waals surface area (Å²) >= 11 is 0. The Bertz CT molecular complexity index is 654. The lowest BCUT2D eigenvalue weighted by Gasteiger charge is -2.41.